The Balaban J connectivity index is 2.89. The maximum Gasteiger partial charge on any atom is 0.133 e. The molecule has 1 heteroatoms. The second kappa shape index (κ2) is 3.65. The largest absolute Gasteiger partial charge is 0.300 e. The van der Waals surface area contributed by atoms with E-state index in [1.54, 1.807) is 6.92 Å². The van der Waals surface area contributed by atoms with E-state index >= 15 is 0 Å². The van der Waals surface area contributed by atoms with Gasteiger partial charge in [0.1, 0.15) is 5.78 Å². The Kier molecular flexibility index (Phi) is 2.94. The molecule has 0 heterocycles. The Bertz CT molecular complexity index is 229. The molecule has 1 fully saturated rings. The molecule has 1 nitrogen and oxygen atoms in total. The maximum absolute atomic E-state index is 11.5. The topological polar surface area (TPSA) is 17.1 Å². The predicted octanol–water partition coefficient (Wildman–Crippen LogP) is 3.35. The smallest absolute Gasteiger partial charge is 0.133 e. The Morgan fingerprint density at radius 3 is 2.38 bits per heavy atom. The van der Waals surface area contributed by atoms with E-state index in [0.29, 0.717) is 5.78 Å². The van der Waals surface area contributed by atoms with Gasteiger partial charge in [0.2, 0.25) is 0 Å². The lowest BCUT2D eigenvalue weighted by molar-refractivity contribution is -0.125. The first-order valence-corrected chi connectivity index (χ1v) is 5.15. The standard InChI is InChI=1S/C12H20O/c1-9(2)12(4)8-6-5-7-11(12)10(3)13/h11H,1,5-8H2,2-4H3/t11-,12+/m1/s1. The van der Waals surface area contributed by atoms with Gasteiger partial charge in [-0.3, -0.25) is 4.79 Å². The fourth-order valence-electron chi connectivity index (χ4n) is 2.50. The minimum Gasteiger partial charge on any atom is -0.300 e. The molecular weight excluding hydrogens is 160 g/mol. The van der Waals surface area contributed by atoms with E-state index in [2.05, 4.69) is 20.4 Å². The van der Waals surface area contributed by atoms with Crippen molar-refractivity contribution in [2.75, 3.05) is 0 Å². The fourth-order valence-corrected chi connectivity index (χ4v) is 2.50. The van der Waals surface area contributed by atoms with Gasteiger partial charge in [0.25, 0.3) is 0 Å². The minimum absolute atomic E-state index is 0.0735. The highest BCUT2D eigenvalue weighted by atomic mass is 16.1. The van der Waals surface area contributed by atoms with Crippen LogP contribution in [0.2, 0.25) is 0 Å². The molecule has 1 saturated carbocycles. The Morgan fingerprint density at radius 2 is 2.00 bits per heavy atom. The van der Waals surface area contributed by atoms with Gasteiger partial charge in [0.05, 0.1) is 0 Å². The third-order valence-electron chi connectivity index (χ3n) is 3.67. The lowest BCUT2D eigenvalue weighted by Crippen LogP contribution is -2.36. The van der Waals surface area contributed by atoms with Crippen LogP contribution in [-0.4, -0.2) is 5.78 Å². The van der Waals surface area contributed by atoms with Gasteiger partial charge in [-0.15, -0.1) is 0 Å². The van der Waals surface area contributed by atoms with Crippen LogP contribution in [-0.2, 0) is 4.79 Å². The SMILES string of the molecule is C=C(C)[C@]1(C)CCCC[C@@H]1C(C)=O. The first kappa shape index (κ1) is 10.5. The number of carbonyl (C=O) groups excluding carboxylic acids is 1. The summed E-state index contributed by atoms with van der Waals surface area (Å²) in [6.07, 6.45) is 4.63. The van der Waals surface area contributed by atoms with Crippen molar-refractivity contribution in [1.29, 1.82) is 0 Å². The molecule has 0 spiro atoms. The van der Waals surface area contributed by atoms with Gasteiger partial charge < -0.3 is 0 Å². The van der Waals surface area contributed by atoms with Crippen LogP contribution in [0.25, 0.3) is 0 Å². The minimum atomic E-state index is 0.0735. The first-order valence-electron chi connectivity index (χ1n) is 5.15. The number of Topliss-reactive ketones (excluding diaryl/α,β-unsaturated/α-hetero) is 1. The van der Waals surface area contributed by atoms with E-state index in [-0.39, 0.29) is 11.3 Å². The van der Waals surface area contributed by atoms with Crippen molar-refractivity contribution in [2.24, 2.45) is 11.3 Å². The summed E-state index contributed by atoms with van der Waals surface area (Å²) in [7, 11) is 0. The van der Waals surface area contributed by atoms with Gasteiger partial charge in [0.15, 0.2) is 0 Å². The van der Waals surface area contributed by atoms with Gasteiger partial charge in [-0.05, 0) is 32.1 Å². The van der Waals surface area contributed by atoms with Crippen LogP contribution in [0.4, 0.5) is 0 Å². The van der Waals surface area contributed by atoms with Crippen molar-refractivity contribution in [3.63, 3.8) is 0 Å². The molecule has 1 aliphatic carbocycles. The zero-order valence-electron chi connectivity index (χ0n) is 9.02. The van der Waals surface area contributed by atoms with Gasteiger partial charge in [-0.1, -0.05) is 31.9 Å². The summed E-state index contributed by atoms with van der Waals surface area (Å²) in [5.74, 6) is 0.559. The van der Waals surface area contributed by atoms with Crippen LogP contribution in [0, 0.1) is 11.3 Å². The molecule has 1 aliphatic rings. The number of rotatable bonds is 2. The third-order valence-corrected chi connectivity index (χ3v) is 3.67. The molecule has 0 aromatic heterocycles. The predicted molar refractivity (Wildman–Crippen MR) is 55.6 cm³/mol. The first-order chi connectivity index (χ1) is 5.98. The molecule has 2 atom stereocenters. The average molecular weight is 180 g/mol. The maximum atomic E-state index is 11.5. The molecule has 0 aromatic carbocycles. The normalized spacial score (nSPS) is 34.2. The average Bonchev–Trinajstić information content (AvgIpc) is 2.04. The summed E-state index contributed by atoms with van der Waals surface area (Å²) in [4.78, 5) is 11.5. The van der Waals surface area contributed by atoms with E-state index < -0.39 is 0 Å². The molecule has 0 aliphatic heterocycles. The molecule has 0 unspecified atom stereocenters. The highest BCUT2D eigenvalue weighted by Crippen LogP contribution is 2.45. The van der Waals surface area contributed by atoms with Crippen LogP contribution < -0.4 is 0 Å². The van der Waals surface area contributed by atoms with Crippen molar-refractivity contribution in [1.82, 2.24) is 0 Å². The summed E-state index contributed by atoms with van der Waals surface area (Å²) in [5.41, 5.74) is 1.25. The van der Waals surface area contributed by atoms with E-state index in [1.165, 1.54) is 18.4 Å². The van der Waals surface area contributed by atoms with E-state index in [1.807, 2.05) is 0 Å². The highest BCUT2D eigenvalue weighted by molar-refractivity contribution is 5.79. The number of carbonyl (C=O) groups is 1. The van der Waals surface area contributed by atoms with E-state index in [0.717, 1.165) is 12.8 Å². The number of hydrogen-bond donors (Lipinski definition) is 0. The molecule has 1 rings (SSSR count). The monoisotopic (exact) mass is 180 g/mol. The summed E-state index contributed by atoms with van der Waals surface area (Å²) >= 11 is 0. The molecular formula is C12H20O. The zero-order chi connectivity index (χ0) is 10.1. The molecule has 0 amide bonds. The molecule has 13 heavy (non-hydrogen) atoms. The van der Waals surface area contributed by atoms with Gasteiger partial charge in [0, 0.05) is 5.92 Å². The Morgan fingerprint density at radius 1 is 1.38 bits per heavy atom. The summed E-state index contributed by atoms with van der Waals surface area (Å²) in [6, 6.07) is 0. The fraction of sp³-hybridized carbons (Fsp3) is 0.750. The molecule has 0 bridgehead atoms. The van der Waals surface area contributed by atoms with Crippen molar-refractivity contribution >= 4 is 5.78 Å². The van der Waals surface area contributed by atoms with Crippen LogP contribution in [0.3, 0.4) is 0 Å². The lowest BCUT2D eigenvalue weighted by Gasteiger charge is -2.41. The molecule has 0 N–H and O–H groups in total. The van der Waals surface area contributed by atoms with Gasteiger partial charge in [-0.2, -0.15) is 0 Å². The summed E-state index contributed by atoms with van der Waals surface area (Å²) < 4.78 is 0. The van der Waals surface area contributed by atoms with Crippen LogP contribution in [0.1, 0.15) is 46.5 Å². The molecule has 0 aromatic rings. The summed E-state index contributed by atoms with van der Waals surface area (Å²) in [6.45, 7) is 10.0. The Labute approximate surface area is 81.2 Å². The summed E-state index contributed by atoms with van der Waals surface area (Å²) in [5, 5.41) is 0. The Hall–Kier alpha value is -0.590. The van der Waals surface area contributed by atoms with Crippen LogP contribution in [0.15, 0.2) is 12.2 Å². The molecule has 0 saturated heterocycles. The van der Waals surface area contributed by atoms with E-state index in [9.17, 15) is 4.79 Å². The second-order valence-corrected chi connectivity index (χ2v) is 4.61. The molecule has 0 radical (unpaired) electrons. The zero-order valence-corrected chi connectivity index (χ0v) is 9.02. The van der Waals surface area contributed by atoms with Crippen molar-refractivity contribution in [2.45, 2.75) is 46.5 Å². The van der Waals surface area contributed by atoms with Crippen molar-refractivity contribution < 1.29 is 4.79 Å². The third kappa shape index (κ3) is 1.84. The highest BCUT2D eigenvalue weighted by Gasteiger charge is 2.39. The van der Waals surface area contributed by atoms with Crippen LogP contribution >= 0.6 is 0 Å². The van der Waals surface area contributed by atoms with Crippen molar-refractivity contribution in [3.8, 4) is 0 Å². The van der Waals surface area contributed by atoms with Gasteiger partial charge in [-0.25, -0.2) is 0 Å². The second-order valence-electron chi connectivity index (χ2n) is 4.61. The lowest BCUT2D eigenvalue weighted by atomic mass is 9.63. The van der Waals surface area contributed by atoms with Crippen LogP contribution in [0.5, 0.6) is 0 Å². The van der Waals surface area contributed by atoms with E-state index in [4.69, 9.17) is 0 Å². The molecule has 74 valence electrons. The van der Waals surface area contributed by atoms with Crippen molar-refractivity contribution in [3.05, 3.63) is 12.2 Å². The quantitative estimate of drug-likeness (QED) is 0.596. The van der Waals surface area contributed by atoms with Gasteiger partial charge >= 0.3 is 0 Å². The number of ketones is 1. The number of allylic oxidation sites excluding steroid dienone is 1. The number of hydrogen-bond acceptors (Lipinski definition) is 1.